The molecule has 1 aliphatic rings. The SMILES string of the molecule is O=C(NCC1(O)CCCCCC1)c1cc(-n2ncc(=O)n(CCCO)c2=O)ccc1Cl. The molecule has 0 saturated heterocycles. The molecule has 10 heteroatoms. The van der Waals surface area contributed by atoms with Crippen molar-refractivity contribution in [3.63, 3.8) is 0 Å². The van der Waals surface area contributed by atoms with E-state index in [1.54, 1.807) is 0 Å². The Morgan fingerprint density at radius 3 is 2.58 bits per heavy atom. The minimum Gasteiger partial charge on any atom is -0.396 e. The lowest BCUT2D eigenvalue weighted by Crippen LogP contribution is -2.42. The van der Waals surface area contributed by atoms with E-state index in [9.17, 15) is 19.5 Å². The van der Waals surface area contributed by atoms with Crippen molar-refractivity contribution in [2.24, 2.45) is 0 Å². The van der Waals surface area contributed by atoms with E-state index in [4.69, 9.17) is 16.7 Å². The number of carbonyl (C=O) groups is 1. The lowest BCUT2D eigenvalue weighted by atomic mass is 9.94. The molecule has 9 nitrogen and oxygen atoms in total. The van der Waals surface area contributed by atoms with Crippen molar-refractivity contribution >= 4 is 17.5 Å². The standard InChI is InChI=1S/C21H27ClN4O5/c22-17-7-6-15(26-20(30)25(10-5-11-27)18(28)13-24-26)12-16(17)19(29)23-14-21(31)8-3-1-2-4-9-21/h6-7,12-13,27,31H,1-5,8-11,14H2,(H,23,29). The summed E-state index contributed by atoms with van der Waals surface area (Å²) in [7, 11) is 0. The average Bonchev–Trinajstić information content (AvgIpc) is 2.97. The van der Waals surface area contributed by atoms with E-state index in [1.807, 2.05) is 0 Å². The second-order valence-electron chi connectivity index (χ2n) is 7.89. The number of nitrogens with zero attached hydrogens (tertiary/aromatic N) is 3. The molecule has 1 amide bonds. The van der Waals surface area contributed by atoms with Gasteiger partial charge in [0.15, 0.2) is 0 Å². The van der Waals surface area contributed by atoms with Crippen LogP contribution in [0.5, 0.6) is 0 Å². The molecule has 1 heterocycles. The number of carbonyl (C=O) groups excluding carboxylic acids is 1. The van der Waals surface area contributed by atoms with Gasteiger partial charge in [-0.3, -0.25) is 14.2 Å². The van der Waals surface area contributed by atoms with Gasteiger partial charge in [-0.1, -0.05) is 37.3 Å². The van der Waals surface area contributed by atoms with Gasteiger partial charge in [0.1, 0.15) is 6.20 Å². The van der Waals surface area contributed by atoms with E-state index < -0.39 is 22.8 Å². The van der Waals surface area contributed by atoms with Gasteiger partial charge in [0.05, 0.1) is 21.9 Å². The predicted octanol–water partition coefficient (Wildman–Crippen LogP) is 1.25. The maximum Gasteiger partial charge on any atom is 0.352 e. The van der Waals surface area contributed by atoms with Gasteiger partial charge in [0, 0.05) is 19.7 Å². The third-order valence-corrected chi connectivity index (χ3v) is 5.88. The Kier molecular flexibility index (Phi) is 7.64. The molecular formula is C21H27ClN4O5. The highest BCUT2D eigenvalue weighted by molar-refractivity contribution is 6.33. The lowest BCUT2D eigenvalue weighted by Gasteiger charge is -2.26. The minimum atomic E-state index is -0.934. The smallest absolute Gasteiger partial charge is 0.352 e. The summed E-state index contributed by atoms with van der Waals surface area (Å²) >= 11 is 6.21. The highest BCUT2D eigenvalue weighted by Crippen LogP contribution is 2.26. The van der Waals surface area contributed by atoms with Crippen molar-refractivity contribution in [1.29, 1.82) is 0 Å². The number of amides is 1. The molecule has 31 heavy (non-hydrogen) atoms. The van der Waals surface area contributed by atoms with E-state index in [2.05, 4.69) is 10.4 Å². The number of aliphatic hydroxyl groups is 2. The Hall–Kier alpha value is -2.49. The first-order valence-electron chi connectivity index (χ1n) is 10.5. The zero-order valence-corrected chi connectivity index (χ0v) is 18.0. The zero-order chi connectivity index (χ0) is 22.4. The quantitative estimate of drug-likeness (QED) is 0.545. The molecule has 1 aromatic carbocycles. The predicted molar refractivity (Wildman–Crippen MR) is 116 cm³/mol. The fraction of sp³-hybridized carbons (Fsp3) is 0.524. The molecule has 2 aromatic rings. The molecule has 3 rings (SSSR count). The third-order valence-electron chi connectivity index (χ3n) is 5.55. The summed E-state index contributed by atoms with van der Waals surface area (Å²) in [5.41, 5.74) is -1.78. The molecule has 0 atom stereocenters. The molecule has 1 aromatic heterocycles. The van der Waals surface area contributed by atoms with Crippen LogP contribution < -0.4 is 16.6 Å². The van der Waals surface area contributed by atoms with Crippen LogP contribution in [0.25, 0.3) is 5.69 Å². The third kappa shape index (κ3) is 5.61. The molecule has 1 aliphatic carbocycles. The summed E-state index contributed by atoms with van der Waals surface area (Å²) in [6.07, 6.45) is 6.52. The van der Waals surface area contributed by atoms with Crippen LogP contribution in [-0.2, 0) is 6.54 Å². The van der Waals surface area contributed by atoms with Gasteiger partial charge in [0.2, 0.25) is 0 Å². The number of aliphatic hydroxyl groups excluding tert-OH is 1. The van der Waals surface area contributed by atoms with Gasteiger partial charge in [-0.2, -0.15) is 9.78 Å². The largest absolute Gasteiger partial charge is 0.396 e. The molecule has 168 valence electrons. The number of aromatic nitrogens is 3. The van der Waals surface area contributed by atoms with Gasteiger partial charge in [-0.05, 0) is 37.5 Å². The number of nitrogens with one attached hydrogen (secondary N) is 1. The van der Waals surface area contributed by atoms with Crippen molar-refractivity contribution in [2.75, 3.05) is 13.2 Å². The maximum absolute atomic E-state index is 12.8. The van der Waals surface area contributed by atoms with E-state index >= 15 is 0 Å². The summed E-state index contributed by atoms with van der Waals surface area (Å²) in [6.45, 7) is 0.0125. The summed E-state index contributed by atoms with van der Waals surface area (Å²) in [5, 5.41) is 26.6. The first-order chi connectivity index (χ1) is 14.8. The molecule has 3 N–H and O–H groups in total. The van der Waals surface area contributed by atoms with Crippen molar-refractivity contribution in [2.45, 2.75) is 57.1 Å². The number of benzene rings is 1. The van der Waals surface area contributed by atoms with Crippen LogP contribution in [0.4, 0.5) is 0 Å². The first kappa shape index (κ1) is 23.2. The Labute approximate surface area is 184 Å². The van der Waals surface area contributed by atoms with Crippen molar-refractivity contribution in [3.8, 4) is 5.69 Å². The number of hydrogen-bond donors (Lipinski definition) is 3. The van der Waals surface area contributed by atoms with Crippen LogP contribution in [0.2, 0.25) is 5.02 Å². The van der Waals surface area contributed by atoms with Crippen LogP contribution in [0.1, 0.15) is 55.3 Å². The van der Waals surface area contributed by atoms with Crippen molar-refractivity contribution in [1.82, 2.24) is 19.7 Å². The van der Waals surface area contributed by atoms with E-state index in [-0.39, 0.29) is 42.4 Å². The van der Waals surface area contributed by atoms with Gasteiger partial charge in [-0.15, -0.1) is 0 Å². The molecule has 1 fully saturated rings. The molecule has 1 saturated carbocycles. The Balaban J connectivity index is 1.84. The second-order valence-corrected chi connectivity index (χ2v) is 8.30. The normalized spacial score (nSPS) is 16.0. The fourth-order valence-corrected chi connectivity index (χ4v) is 3.97. The van der Waals surface area contributed by atoms with Crippen LogP contribution in [0.15, 0.2) is 34.0 Å². The fourth-order valence-electron chi connectivity index (χ4n) is 3.77. The molecular weight excluding hydrogens is 424 g/mol. The van der Waals surface area contributed by atoms with Gasteiger partial charge >= 0.3 is 5.69 Å². The highest BCUT2D eigenvalue weighted by atomic mass is 35.5. The maximum atomic E-state index is 12.8. The first-order valence-corrected chi connectivity index (χ1v) is 10.8. The molecule has 0 unspecified atom stereocenters. The number of halogens is 1. The molecule has 0 spiro atoms. The minimum absolute atomic E-state index is 0.0518. The van der Waals surface area contributed by atoms with E-state index in [1.165, 1.54) is 18.2 Å². The van der Waals surface area contributed by atoms with E-state index in [0.717, 1.165) is 41.1 Å². The average molecular weight is 451 g/mol. The summed E-state index contributed by atoms with van der Waals surface area (Å²) < 4.78 is 1.98. The summed E-state index contributed by atoms with van der Waals surface area (Å²) in [6, 6.07) is 4.42. The Morgan fingerprint density at radius 2 is 1.90 bits per heavy atom. The Morgan fingerprint density at radius 1 is 1.19 bits per heavy atom. The Bertz CT molecular complexity index is 1040. The van der Waals surface area contributed by atoms with Gasteiger partial charge in [-0.25, -0.2) is 4.79 Å². The topological polar surface area (TPSA) is 126 Å². The highest BCUT2D eigenvalue weighted by Gasteiger charge is 2.28. The molecule has 0 bridgehead atoms. The van der Waals surface area contributed by atoms with Crippen LogP contribution in [0.3, 0.4) is 0 Å². The van der Waals surface area contributed by atoms with Gasteiger partial charge in [0.25, 0.3) is 11.5 Å². The zero-order valence-electron chi connectivity index (χ0n) is 17.2. The van der Waals surface area contributed by atoms with E-state index in [0.29, 0.717) is 12.8 Å². The van der Waals surface area contributed by atoms with Crippen molar-refractivity contribution < 1.29 is 15.0 Å². The van der Waals surface area contributed by atoms with Crippen molar-refractivity contribution in [3.05, 3.63) is 55.8 Å². The number of hydrogen-bond acceptors (Lipinski definition) is 6. The molecule has 0 radical (unpaired) electrons. The lowest BCUT2D eigenvalue weighted by molar-refractivity contribution is 0.0246. The van der Waals surface area contributed by atoms with Crippen LogP contribution in [-0.4, -0.2) is 49.2 Å². The number of rotatable bonds is 7. The summed E-state index contributed by atoms with van der Waals surface area (Å²) in [4.78, 5) is 37.4. The van der Waals surface area contributed by atoms with Gasteiger partial charge < -0.3 is 15.5 Å². The van der Waals surface area contributed by atoms with Crippen LogP contribution in [0, 0.1) is 0 Å². The molecule has 0 aliphatic heterocycles. The second kappa shape index (κ2) is 10.2. The summed E-state index contributed by atoms with van der Waals surface area (Å²) in [5.74, 6) is -0.467. The van der Waals surface area contributed by atoms with Crippen LogP contribution >= 0.6 is 11.6 Å². The monoisotopic (exact) mass is 450 g/mol.